The van der Waals surface area contributed by atoms with E-state index in [-0.39, 0.29) is 24.5 Å². The molecule has 1 aromatic heterocycles. The van der Waals surface area contributed by atoms with Gasteiger partial charge in [-0.3, -0.25) is 0 Å². The molecule has 0 aliphatic carbocycles. The molecule has 1 unspecified atom stereocenters. The normalized spacial score (nSPS) is 25.6. The third-order valence-corrected chi connectivity index (χ3v) is 5.92. The molecule has 6 heteroatoms. The molecule has 2 fully saturated rings. The van der Waals surface area contributed by atoms with Crippen LogP contribution in [0.4, 0.5) is 0 Å². The lowest BCUT2D eigenvalue weighted by atomic mass is 9.76. The lowest BCUT2D eigenvalue weighted by Crippen LogP contribution is -2.41. The van der Waals surface area contributed by atoms with Crippen molar-refractivity contribution in [3.8, 4) is 0 Å². The number of ether oxygens (including phenoxy) is 1. The number of rotatable bonds is 2. The second-order valence-corrected chi connectivity index (χ2v) is 8.27. The van der Waals surface area contributed by atoms with Gasteiger partial charge in [0.25, 0.3) is 0 Å². The Morgan fingerprint density at radius 3 is 2.48 bits per heavy atom. The van der Waals surface area contributed by atoms with Crippen molar-refractivity contribution in [1.29, 1.82) is 0 Å². The first-order valence-corrected chi connectivity index (χ1v) is 9.23. The van der Waals surface area contributed by atoms with Crippen molar-refractivity contribution in [1.82, 2.24) is 9.78 Å². The van der Waals surface area contributed by atoms with Crippen molar-refractivity contribution < 1.29 is 14.0 Å². The lowest BCUT2D eigenvalue weighted by Gasteiger charge is -2.32. The lowest BCUT2D eigenvalue weighted by molar-refractivity contribution is -0.0366. The highest BCUT2D eigenvalue weighted by atomic mass is 16.7. The minimum Gasteiger partial charge on any atom is -0.399 e. The van der Waals surface area contributed by atoms with Gasteiger partial charge in [0.1, 0.15) is 0 Å². The molecular formula is C19H27BN2O3. The second kappa shape index (κ2) is 5.83. The average Bonchev–Trinajstić information content (AvgIpc) is 3.05. The minimum atomic E-state index is -0.356. The summed E-state index contributed by atoms with van der Waals surface area (Å²) < 4.78 is 20.5. The predicted molar refractivity (Wildman–Crippen MR) is 99.0 cm³/mol. The number of fused-ring (bicyclic) bond motifs is 1. The van der Waals surface area contributed by atoms with Crippen LogP contribution in [0.5, 0.6) is 0 Å². The summed E-state index contributed by atoms with van der Waals surface area (Å²) in [6.45, 7) is 11.3. The predicted octanol–water partition coefficient (Wildman–Crippen LogP) is 3.34. The fourth-order valence-corrected chi connectivity index (χ4v) is 3.59. The van der Waals surface area contributed by atoms with E-state index < -0.39 is 0 Å². The number of hydrogen-bond acceptors (Lipinski definition) is 4. The Kier molecular flexibility index (Phi) is 3.98. The summed E-state index contributed by atoms with van der Waals surface area (Å²) in [5.74, 6) is 0. The molecule has 0 spiro atoms. The standard InChI is InChI=1S/C19H27BN2O3/c1-13-10-14-12-21-22(17-8-6-7-9-23-17)16(14)11-15(13)20-24-18(2,3)19(4,5)25-20/h10-12,17H,6-9H2,1-5H3. The second-order valence-electron chi connectivity index (χ2n) is 8.27. The van der Waals surface area contributed by atoms with Crippen LogP contribution in [0, 0.1) is 6.92 Å². The number of benzene rings is 1. The van der Waals surface area contributed by atoms with Gasteiger partial charge in [-0.15, -0.1) is 0 Å². The average molecular weight is 342 g/mol. The molecule has 2 aliphatic heterocycles. The zero-order chi connectivity index (χ0) is 17.8. The fourth-order valence-electron chi connectivity index (χ4n) is 3.59. The molecule has 5 nitrogen and oxygen atoms in total. The molecule has 1 aromatic carbocycles. The van der Waals surface area contributed by atoms with Gasteiger partial charge in [-0.25, -0.2) is 4.68 Å². The highest BCUT2D eigenvalue weighted by Gasteiger charge is 2.52. The third kappa shape index (κ3) is 2.80. The van der Waals surface area contributed by atoms with Crippen molar-refractivity contribution in [3.05, 3.63) is 23.9 Å². The van der Waals surface area contributed by atoms with Crippen LogP contribution in [-0.2, 0) is 14.0 Å². The maximum atomic E-state index is 6.26. The van der Waals surface area contributed by atoms with Crippen LogP contribution in [0.25, 0.3) is 10.9 Å². The Morgan fingerprint density at radius 1 is 1.12 bits per heavy atom. The van der Waals surface area contributed by atoms with Gasteiger partial charge in [0, 0.05) is 12.0 Å². The summed E-state index contributed by atoms with van der Waals surface area (Å²) in [6.07, 6.45) is 5.28. The quantitative estimate of drug-likeness (QED) is 0.786. The smallest absolute Gasteiger partial charge is 0.399 e. The van der Waals surface area contributed by atoms with Crippen LogP contribution in [0.2, 0.25) is 0 Å². The molecule has 4 rings (SSSR count). The number of aryl methyl sites for hydroxylation is 1. The summed E-state index contributed by atoms with van der Waals surface area (Å²) in [6, 6.07) is 4.33. The van der Waals surface area contributed by atoms with E-state index in [1.54, 1.807) is 0 Å². The van der Waals surface area contributed by atoms with E-state index in [0.29, 0.717) is 0 Å². The van der Waals surface area contributed by atoms with E-state index in [1.165, 1.54) is 6.42 Å². The van der Waals surface area contributed by atoms with Crippen molar-refractivity contribution in [2.24, 2.45) is 0 Å². The first-order valence-electron chi connectivity index (χ1n) is 9.23. The Morgan fingerprint density at radius 2 is 1.84 bits per heavy atom. The Hall–Kier alpha value is -1.37. The molecule has 0 amide bonds. The first-order chi connectivity index (χ1) is 11.8. The maximum absolute atomic E-state index is 6.26. The summed E-state index contributed by atoms with van der Waals surface area (Å²) in [5, 5.41) is 5.73. The van der Waals surface area contributed by atoms with Gasteiger partial charge in [0.2, 0.25) is 0 Å². The summed E-state index contributed by atoms with van der Waals surface area (Å²) >= 11 is 0. The van der Waals surface area contributed by atoms with Gasteiger partial charge in [-0.1, -0.05) is 5.56 Å². The largest absolute Gasteiger partial charge is 0.495 e. The molecule has 0 bridgehead atoms. The van der Waals surface area contributed by atoms with Crippen molar-refractivity contribution in [2.75, 3.05) is 6.61 Å². The molecule has 3 heterocycles. The maximum Gasteiger partial charge on any atom is 0.495 e. The van der Waals surface area contributed by atoms with Gasteiger partial charge < -0.3 is 14.0 Å². The van der Waals surface area contributed by atoms with Crippen molar-refractivity contribution in [3.63, 3.8) is 0 Å². The zero-order valence-corrected chi connectivity index (χ0v) is 15.8. The van der Waals surface area contributed by atoms with E-state index in [4.69, 9.17) is 14.0 Å². The minimum absolute atomic E-state index is 0.0279. The summed E-state index contributed by atoms with van der Waals surface area (Å²) in [4.78, 5) is 0. The van der Waals surface area contributed by atoms with Crippen LogP contribution in [-0.4, -0.2) is 34.7 Å². The van der Waals surface area contributed by atoms with E-state index in [2.05, 4.69) is 51.9 Å². The molecule has 1 atom stereocenters. The molecule has 0 saturated carbocycles. The molecule has 0 N–H and O–H groups in total. The Bertz CT molecular complexity index is 777. The monoisotopic (exact) mass is 342 g/mol. The first kappa shape index (κ1) is 17.1. The molecule has 134 valence electrons. The molecule has 0 radical (unpaired) electrons. The SMILES string of the molecule is Cc1cc2cnn(C3CCCCO3)c2cc1B1OC(C)(C)C(C)(C)O1. The van der Waals surface area contributed by atoms with Crippen molar-refractivity contribution in [2.45, 2.75) is 71.3 Å². The van der Waals surface area contributed by atoms with Crippen LogP contribution < -0.4 is 5.46 Å². The molecular weight excluding hydrogens is 315 g/mol. The van der Waals surface area contributed by atoms with E-state index in [0.717, 1.165) is 41.4 Å². The highest BCUT2D eigenvalue weighted by molar-refractivity contribution is 6.63. The van der Waals surface area contributed by atoms with Gasteiger partial charge in [0.15, 0.2) is 6.23 Å². The number of nitrogens with zero attached hydrogens (tertiary/aromatic N) is 2. The molecule has 2 aromatic rings. The number of hydrogen-bond donors (Lipinski definition) is 0. The van der Waals surface area contributed by atoms with Crippen molar-refractivity contribution >= 4 is 23.5 Å². The van der Waals surface area contributed by atoms with Crippen LogP contribution in [0.15, 0.2) is 18.3 Å². The molecule has 2 aliphatic rings. The zero-order valence-electron chi connectivity index (χ0n) is 15.8. The number of aromatic nitrogens is 2. The van der Waals surface area contributed by atoms with Crippen LogP contribution in [0.1, 0.15) is 58.7 Å². The van der Waals surface area contributed by atoms with Gasteiger partial charge in [0.05, 0.1) is 22.9 Å². The highest BCUT2D eigenvalue weighted by Crippen LogP contribution is 2.37. The van der Waals surface area contributed by atoms with E-state index >= 15 is 0 Å². The summed E-state index contributed by atoms with van der Waals surface area (Å²) in [7, 11) is -0.356. The van der Waals surface area contributed by atoms with Gasteiger partial charge >= 0.3 is 7.12 Å². The van der Waals surface area contributed by atoms with Crippen LogP contribution in [0.3, 0.4) is 0 Å². The molecule has 2 saturated heterocycles. The Labute approximate surface area is 149 Å². The van der Waals surface area contributed by atoms with Gasteiger partial charge in [-0.2, -0.15) is 5.10 Å². The molecule has 25 heavy (non-hydrogen) atoms. The third-order valence-electron chi connectivity index (χ3n) is 5.92. The topological polar surface area (TPSA) is 45.5 Å². The van der Waals surface area contributed by atoms with E-state index in [1.807, 2.05) is 10.9 Å². The van der Waals surface area contributed by atoms with Crippen LogP contribution >= 0.6 is 0 Å². The Balaban J connectivity index is 1.74. The summed E-state index contributed by atoms with van der Waals surface area (Å²) in [5.41, 5.74) is 2.64. The van der Waals surface area contributed by atoms with Gasteiger partial charge in [-0.05, 0) is 71.5 Å². The fraction of sp³-hybridized carbons (Fsp3) is 0.632. The van der Waals surface area contributed by atoms with E-state index in [9.17, 15) is 0 Å².